The van der Waals surface area contributed by atoms with Gasteiger partial charge in [-0.2, -0.15) is 0 Å². The van der Waals surface area contributed by atoms with Crippen molar-refractivity contribution in [2.24, 2.45) is 0 Å². The Labute approximate surface area is 107 Å². The molecule has 0 aromatic heterocycles. The largest absolute Gasteiger partial charge is 0.445 e. The van der Waals surface area contributed by atoms with Gasteiger partial charge < -0.3 is 19.7 Å². The number of likely N-dealkylation sites (tertiary alicyclic amines) is 1. The minimum atomic E-state index is -0.434. The maximum absolute atomic E-state index is 11.5. The van der Waals surface area contributed by atoms with Crippen molar-refractivity contribution in [2.75, 3.05) is 33.4 Å². The number of carbonyl (C=O) groups excluding carboxylic acids is 2. The van der Waals surface area contributed by atoms with Gasteiger partial charge in [-0.05, 0) is 12.8 Å². The summed E-state index contributed by atoms with van der Waals surface area (Å²) >= 11 is 0. The Bertz CT molecular complexity index is 298. The average Bonchev–Trinajstić information content (AvgIpc) is 2.37. The number of alkyl carbamates (subject to hydrolysis) is 1. The fourth-order valence-corrected chi connectivity index (χ4v) is 1.83. The number of carbonyl (C=O) groups is 2. The van der Waals surface area contributed by atoms with Gasteiger partial charge in [0.15, 0.2) is 0 Å². The third-order valence-electron chi connectivity index (χ3n) is 2.77. The second kappa shape index (κ2) is 7.71. The second-order valence-corrected chi connectivity index (χ2v) is 4.12. The van der Waals surface area contributed by atoms with Crippen molar-refractivity contribution in [2.45, 2.75) is 18.9 Å². The maximum atomic E-state index is 11.5. The summed E-state index contributed by atoms with van der Waals surface area (Å²) in [6.07, 6.45) is 2.56. The Morgan fingerprint density at radius 3 is 2.67 bits per heavy atom. The van der Waals surface area contributed by atoms with E-state index in [1.165, 1.54) is 13.2 Å². The normalized spacial score (nSPS) is 16.2. The third-order valence-corrected chi connectivity index (χ3v) is 2.77. The number of piperidine rings is 1. The molecule has 0 aliphatic carbocycles. The summed E-state index contributed by atoms with van der Waals surface area (Å²) in [4.78, 5) is 24.6. The first-order valence-corrected chi connectivity index (χ1v) is 5.98. The minimum Gasteiger partial charge on any atom is -0.445 e. The Morgan fingerprint density at radius 1 is 1.44 bits per heavy atom. The van der Waals surface area contributed by atoms with Crippen LogP contribution < -0.4 is 5.32 Å². The van der Waals surface area contributed by atoms with Crippen molar-refractivity contribution >= 4 is 12.0 Å². The number of rotatable bonds is 5. The molecule has 6 nitrogen and oxygen atoms in total. The van der Waals surface area contributed by atoms with Crippen LogP contribution >= 0.6 is 0 Å². The average molecular weight is 256 g/mol. The van der Waals surface area contributed by atoms with Crippen LogP contribution in [0.5, 0.6) is 0 Å². The van der Waals surface area contributed by atoms with Crippen LogP contribution in [0.15, 0.2) is 12.7 Å². The fraction of sp³-hybridized carbons (Fsp3) is 0.667. The summed E-state index contributed by atoms with van der Waals surface area (Å²) in [7, 11) is 1.50. The van der Waals surface area contributed by atoms with E-state index in [9.17, 15) is 9.59 Å². The van der Waals surface area contributed by atoms with Crippen LogP contribution in [-0.4, -0.2) is 56.4 Å². The molecule has 1 heterocycles. The molecule has 0 radical (unpaired) electrons. The smallest absolute Gasteiger partial charge is 0.407 e. The Morgan fingerprint density at radius 2 is 2.11 bits per heavy atom. The molecule has 6 heteroatoms. The molecule has 1 aliphatic rings. The molecule has 0 spiro atoms. The molecule has 102 valence electrons. The van der Waals surface area contributed by atoms with Gasteiger partial charge in [0.25, 0.3) is 0 Å². The summed E-state index contributed by atoms with van der Waals surface area (Å²) in [5.41, 5.74) is 0. The van der Waals surface area contributed by atoms with E-state index in [2.05, 4.69) is 11.9 Å². The molecule has 0 aromatic rings. The zero-order chi connectivity index (χ0) is 13.4. The number of methoxy groups -OCH3 is 1. The van der Waals surface area contributed by atoms with Crippen LogP contribution in [-0.2, 0) is 14.3 Å². The lowest BCUT2D eigenvalue weighted by atomic mass is 10.1. The molecule has 1 fully saturated rings. The number of nitrogens with zero attached hydrogens (tertiary/aromatic N) is 1. The van der Waals surface area contributed by atoms with E-state index >= 15 is 0 Å². The number of amides is 2. The zero-order valence-electron chi connectivity index (χ0n) is 10.7. The van der Waals surface area contributed by atoms with E-state index < -0.39 is 6.09 Å². The van der Waals surface area contributed by atoms with Crippen LogP contribution in [0.25, 0.3) is 0 Å². The summed E-state index contributed by atoms with van der Waals surface area (Å²) < 4.78 is 9.64. The minimum absolute atomic E-state index is 0.00909. The lowest BCUT2D eigenvalue weighted by Crippen LogP contribution is -2.47. The fourth-order valence-electron chi connectivity index (χ4n) is 1.83. The van der Waals surface area contributed by atoms with Crippen LogP contribution in [0.1, 0.15) is 12.8 Å². The molecule has 0 aromatic carbocycles. The van der Waals surface area contributed by atoms with Gasteiger partial charge in [-0.3, -0.25) is 4.79 Å². The van der Waals surface area contributed by atoms with Gasteiger partial charge >= 0.3 is 6.09 Å². The first-order chi connectivity index (χ1) is 8.67. The van der Waals surface area contributed by atoms with Crippen LogP contribution in [0.4, 0.5) is 4.79 Å². The van der Waals surface area contributed by atoms with Crippen molar-refractivity contribution in [3.8, 4) is 0 Å². The topological polar surface area (TPSA) is 67.9 Å². The monoisotopic (exact) mass is 256 g/mol. The van der Waals surface area contributed by atoms with E-state index in [0.29, 0.717) is 13.1 Å². The van der Waals surface area contributed by atoms with E-state index in [-0.39, 0.29) is 25.2 Å². The van der Waals surface area contributed by atoms with E-state index in [4.69, 9.17) is 9.47 Å². The van der Waals surface area contributed by atoms with Gasteiger partial charge in [0.1, 0.15) is 13.2 Å². The molecule has 1 saturated heterocycles. The van der Waals surface area contributed by atoms with Gasteiger partial charge in [0.05, 0.1) is 0 Å². The Hall–Kier alpha value is -1.56. The number of hydrogen-bond donors (Lipinski definition) is 1. The predicted molar refractivity (Wildman–Crippen MR) is 66.2 cm³/mol. The van der Waals surface area contributed by atoms with Gasteiger partial charge in [0.2, 0.25) is 5.91 Å². The van der Waals surface area contributed by atoms with Crippen LogP contribution in [0, 0.1) is 0 Å². The highest BCUT2D eigenvalue weighted by Crippen LogP contribution is 2.10. The van der Waals surface area contributed by atoms with Crippen molar-refractivity contribution < 1.29 is 19.1 Å². The lowest BCUT2D eigenvalue weighted by Gasteiger charge is -2.32. The van der Waals surface area contributed by atoms with Gasteiger partial charge in [-0.15, -0.1) is 0 Å². The van der Waals surface area contributed by atoms with Crippen molar-refractivity contribution in [3.63, 3.8) is 0 Å². The highest BCUT2D eigenvalue weighted by molar-refractivity contribution is 5.77. The van der Waals surface area contributed by atoms with Gasteiger partial charge in [-0.25, -0.2) is 4.79 Å². The van der Waals surface area contributed by atoms with Crippen LogP contribution in [0.3, 0.4) is 0 Å². The second-order valence-electron chi connectivity index (χ2n) is 4.12. The Balaban J connectivity index is 2.24. The first kappa shape index (κ1) is 14.5. The molecule has 1 rings (SSSR count). The van der Waals surface area contributed by atoms with E-state index in [1.807, 2.05) is 0 Å². The van der Waals surface area contributed by atoms with E-state index in [0.717, 1.165) is 12.8 Å². The molecule has 0 atom stereocenters. The van der Waals surface area contributed by atoms with Crippen LogP contribution in [0.2, 0.25) is 0 Å². The zero-order valence-corrected chi connectivity index (χ0v) is 10.7. The molecule has 1 N–H and O–H groups in total. The van der Waals surface area contributed by atoms with Gasteiger partial charge in [-0.1, -0.05) is 12.7 Å². The lowest BCUT2D eigenvalue weighted by molar-refractivity contribution is -0.136. The highest BCUT2D eigenvalue weighted by atomic mass is 16.5. The summed E-state index contributed by atoms with van der Waals surface area (Å²) in [6, 6.07) is 0.0638. The van der Waals surface area contributed by atoms with Gasteiger partial charge in [0, 0.05) is 26.2 Å². The molecular formula is C12H20N2O4. The number of hydrogen-bond acceptors (Lipinski definition) is 4. The molecule has 1 aliphatic heterocycles. The SMILES string of the molecule is C=CCOC(=O)NC1CCN(C(=O)COC)CC1. The highest BCUT2D eigenvalue weighted by Gasteiger charge is 2.23. The number of ether oxygens (including phenoxy) is 2. The van der Waals surface area contributed by atoms with Crippen molar-refractivity contribution in [3.05, 3.63) is 12.7 Å². The predicted octanol–water partition coefficient (Wildman–Crippen LogP) is 0.536. The van der Waals surface area contributed by atoms with E-state index in [1.54, 1.807) is 4.90 Å². The number of nitrogens with one attached hydrogen (secondary N) is 1. The first-order valence-electron chi connectivity index (χ1n) is 5.98. The third kappa shape index (κ3) is 4.75. The molecule has 0 bridgehead atoms. The summed E-state index contributed by atoms with van der Waals surface area (Å²) in [5.74, 6) is -0.00909. The molecule has 18 heavy (non-hydrogen) atoms. The molecule has 0 saturated carbocycles. The molecule has 2 amide bonds. The maximum Gasteiger partial charge on any atom is 0.407 e. The quantitative estimate of drug-likeness (QED) is 0.729. The standard InChI is InChI=1S/C12H20N2O4/c1-3-8-18-12(16)13-10-4-6-14(7-5-10)11(15)9-17-2/h3,10H,1,4-9H2,2H3,(H,13,16). The summed E-state index contributed by atoms with van der Waals surface area (Å²) in [5, 5.41) is 2.77. The Kier molecular flexibility index (Phi) is 6.21. The van der Waals surface area contributed by atoms with Crippen molar-refractivity contribution in [1.82, 2.24) is 10.2 Å². The molecular weight excluding hydrogens is 236 g/mol. The molecule has 0 unspecified atom stereocenters. The summed E-state index contributed by atoms with van der Waals surface area (Å²) in [6.45, 7) is 5.05. The van der Waals surface area contributed by atoms with Crippen molar-refractivity contribution in [1.29, 1.82) is 0 Å².